The van der Waals surface area contributed by atoms with Crippen LogP contribution in [0.15, 0.2) is 48.6 Å². The van der Waals surface area contributed by atoms with Crippen LogP contribution in [0.5, 0.6) is 0 Å². The van der Waals surface area contributed by atoms with Crippen LogP contribution in [-0.2, 0) is 9.53 Å². The standard InChI is InChI=1S/C22H34O6/c1-2-3-4-5-6-8-11-17(23)14-15-18(24)21-16-19(25)20(28-21)12-9-7-10-13-22(26)27/h3-4,6-9,14-15,17-21,23-25H,2,5,10-13,16H2,1H3,(H,26,27)/b4-3-,8-6-,9-7-,15-14+/t17-,18-,19+,20-,21+/m1/s1. The van der Waals surface area contributed by atoms with Gasteiger partial charge in [-0.3, -0.25) is 4.79 Å². The molecule has 1 saturated heterocycles. The average molecular weight is 395 g/mol. The van der Waals surface area contributed by atoms with Gasteiger partial charge in [-0.05, 0) is 32.1 Å². The number of ether oxygens (including phenoxy) is 1. The minimum atomic E-state index is -0.901. The number of allylic oxidation sites excluding steroid dienone is 4. The average Bonchev–Trinajstić information content (AvgIpc) is 3.03. The third kappa shape index (κ3) is 10.6. The molecule has 0 aromatic heterocycles. The summed E-state index contributed by atoms with van der Waals surface area (Å²) in [6, 6.07) is 0. The second kappa shape index (κ2) is 14.3. The Kier molecular flexibility index (Phi) is 12.4. The van der Waals surface area contributed by atoms with Crippen molar-refractivity contribution in [1.29, 1.82) is 0 Å². The first kappa shape index (κ1) is 24.3. The third-order valence-electron chi connectivity index (χ3n) is 4.44. The van der Waals surface area contributed by atoms with Crippen LogP contribution in [0.1, 0.15) is 51.9 Å². The van der Waals surface area contributed by atoms with E-state index in [1.54, 1.807) is 18.2 Å². The van der Waals surface area contributed by atoms with Gasteiger partial charge in [0.1, 0.15) is 0 Å². The Hall–Kier alpha value is -1.73. The number of carboxylic acid groups (broad SMARTS) is 1. The molecule has 6 nitrogen and oxygen atoms in total. The first-order chi connectivity index (χ1) is 13.4. The van der Waals surface area contributed by atoms with Gasteiger partial charge in [-0.15, -0.1) is 0 Å². The molecule has 6 heteroatoms. The number of aliphatic hydroxyl groups excluding tert-OH is 3. The number of hydrogen-bond donors (Lipinski definition) is 4. The number of carboxylic acids is 1. The Morgan fingerprint density at radius 2 is 1.86 bits per heavy atom. The van der Waals surface area contributed by atoms with E-state index in [0.717, 1.165) is 12.8 Å². The molecule has 0 aromatic rings. The summed E-state index contributed by atoms with van der Waals surface area (Å²) in [7, 11) is 0. The van der Waals surface area contributed by atoms with Gasteiger partial charge in [0.2, 0.25) is 0 Å². The fourth-order valence-corrected chi connectivity index (χ4v) is 2.87. The normalized spacial score (nSPS) is 25.5. The highest BCUT2D eigenvalue weighted by Gasteiger charge is 2.36. The molecule has 0 saturated carbocycles. The number of rotatable bonds is 13. The van der Waals surface area contributed by atoms with Crippen LogP contribution in [0.4, 0.5) is 0 Å². The van der Waals surface area contributed by atoms with Crippen LogP contribution in [0.2, 0.25) is 0 Å². The molecule has 158 valence electrons. The fraction of sp³-hybridized carbons (Fsp3) is 0.591. The molecule has 0 unspecified atom stereocenters. The molecule has 1 rings (SSSR count). The maximum absolute atomic E-state index is 10.5. The van der Waals surface area contributed by atoms with E-state index < -0.39 is 36.5 Å². The molecule has 0 bridgehead atoms. The van der Waals surface area contributed by atoms with E-state index in [0.29, 0.717) is 25.7 Å². The van der Waals surface area contributed by atoms with Crippen molar-refractivity contribution < 1.29 is 30.0 Å². The van der Waals surface area contributed by atoms with Crippen molar-refractivity contribution in [1.82, 2.24) is 0 Å². The lowest BCUT2D eigenvalue weighted by Gasteiger charge is -2.16. The zero-order chi connectivity index (χ0) is 20.8. The number of aliphatic carboxylic acids is 1. The lowest BCUT2D eigenvalue weighted by atomic mass is 10.0. The van der Waals surface area contributed by atoms with E-state index in [2.05, 4.69) is 19.1 Å². The summed E-state index contributed by atoms with van der Waals surface area (Å²) < 4.78 is 5.71. The smallest absolute Gasteiger partial charge is 0.303 e. The van der Waals surface area contributed by atoms with E-state index in [1.165, 1.54) is 6.08 Å². The molecule has 0 radical (unpaired) electrons. The highest BCUT2D eigenvalue weighted by molar-refractivity contribution is 5.66. The van der Waals surface area contributed by atoms with Crippen molar-refractivity contribution in [3.63, 3.8) is 0 Å². The summed E-state index contributed by atoms with van der Waals surface area (Å²) in [6.07, 6.45) is 15.1. The van der Waals surface area contributed by atoms with Crippen molar-refractivity contribution in [2.75, 3.05) is 0 Å². The predicted octanol–water partition coefficient (Wildman–Crippen LogP) is 2.90. The Morgan fingerprint density at radius 3 is 2.57 bits per heavy atom. The van der Waals surface area contributed by atoms with Gasteiger partial charge in [-0.2, -0.15) is 0 Å². The highest BCUT2D eigenvalue weighted by Crippen LogP contribution is 2.26. The first-order valence-electron chi connectivity index (χ1n) is 9.98. The summed E-state index contributed by atoms with van der Waals surface area (Å²) in [5.41, 5.74) is 0. The number of aliphatic hydroxyl groups is 3. The van der Waals surface area contributed by atoms with Gasteiger partial charge in [0.25, 0.3) is 0 Å². The summed E-state index contributed by atoms with van der Waals surface area (Å²) >= 11 is 0. The van der Waals surface area contributed by atoms with Gasteiger partial charge >= 0.3 is 5.97 Å². The minimum Gasteiger partial charge on any atom is -0.481 e. The van der Waals surface area contributed by atoms with Gasteiger partial charge < -0.3 is 25.2 Å². The second-order valence-corrected chi connectivity index (χ2v) is 6.92. The van der Waals surface area contributed by atoms with Crippen LogP contribution >= 0.6 is 0 Å². The van der Waals surface area contributed by atoms with Crippen molar-refractivity contribution in [2.45, 2.75) is 82.4 Å². The van der Waals surface area contributed by atoms with Crippen molar-refractivity contribution >= 4 is 5.97 Å². The molecule has 0 amide bonds. The van der Waals surface area contributed by atoms with E-state index in [-0.39, 0.29) is 6.42 Å². The zero-order valence-corrected chi connectivity index (χ0v) is 16.6. The molecular weight excluding hydrogens is 360 g/mol. The van der Waals surface area contributed by atoms with Crippen LogP contribution in [-0.4, -0.2) is 56.9 Å². The molecule has 0 aliphatic carbocycles. The molecule has 0 aromatic carbocycles. The van der Waals surface area contributed by atoms with Gasteiger partial charge in [-0.1, -0.05) is 55.5 Å². The van der Waals surface area contributed by atoms with Gasteiger partial charge in [0.15, 0.2) is 0 Å². The molecule has 0 spiro atoms. The van der Waals surface area contributed by atoms with Gasteiger partial charge in [0, 0.05) is 12.8 Å². The maximum Gasteiger partial charge on any atom is 0.303 e. The predicted molar refractivity (Wildman–Crippen MR) is 109 cm³/mol. The van der Waals surface area contributed by atoms with E-state index in [4.69, 9.17) is 9.84 Å². The molecule has 1 aliphatic heterocycles. The zero-order valence-electron chi connectivity index (χ0n) is 16.6. The van der Waals surface area contributed by atoms with Crippen molar-refractivity contribution in [3.05, 3.63) is 48.6 Å². The molecule has 1 fully saturated rings. The SMILES string of the molecule is CC/C=C\C/C=C\C[C@@H](O)/C=C/[C@@H](O)[C@@H]1C[C@H](O)[C@@H](C/C=C\CCC(=O)O)O1. The Balaban J connectivity index is 2.33. The third-order valence-corrected chi connectivity index (χ3v) is 4.44. The monoisotopic (exact) mass is 394 g/mol. The minimum absolute atomic E-state index is 0.0731. The van der Waals surface area contributed by atoms with E-state index in [1.807, 2.05) is 12.2 Å². The maximum atomic E-state index is 10.5. The van der Waals surface area contributed by atoms with Crippen LogP contribution in [0.25, 0.3) is 0 Å². The summed E-state index contributed by atoms with van der Waals surface area (Å²) in [5, 5.41) is 38.8. The molecule has 28 heavy (non-hydrogen) atoms. The second-order valence-electron chi connectivity index (χ2n) is 6.92. The molecule has 1 aliphatic rings. The Morgan fingerprint density at radius 1 is 1.11 bits per heavy atom. The lowest BCUT2D eigenvalue weighted by molar-refractivity contribution is -0.136. The fourth-order valence-electron chi connectivity index (χ4n) is 2.87. The highest BCUT2D eigenvalue weighted by atomic mass is 16.5. The van der Waals surface area contributed by atoms with Crippen LogP contribution < -0.4 is 0 Å². The van der Waals surface area contributed by atoms with E-state index in [9.17, 15) is 20.1 Å². The number of hydrogen-bond acceptors (Lipinski definition) is 5. The topological polar surface area (TPSA) is 107 Å². The molecule has 5 atom stereocenters. The Bertz CT molecular complexity index is 551. The molecule has 4 N–H and O–H groups in total. The van der Waals surface area contributed by atoms with Gasteiger partial charge in [-0.25, -0.2) is 0 Å². The van der Waals surface area contributed by atoms with Crippen LogP contribution in [0, 0.1) is 0 Å². The van der Waals surface area contributed by atoms with Crippen molar-refractivity contribution in [2.24, 2.45) is 0 Å². The quantitative estimate of drug-likeness (QED) is 0.358. The van der Waals surface area contributed by atoms with Crippen molar-refractivity contribution in [3.8, 4) is 0 Å². The Labute approximate surface area is 167 Å². The van der Waals surface area contributed by atoms with E-state index >= 15 is 0 Å². The first-order valence-corrected chi connectivity index (χ1v) is 9.98. The summed E-state index contributed by atoms with van der Waals surface area (Å²) in [6.45, 7) is 2.08. The van der Waals surface area contributed by atoms with Crippen LogP contribution in [0.3, 0.4) is 0 Å². The summed E-state index contributed by atoms with van der Waals surface area (Å²) in [5.74, 6) is -0.845. The lowest BCUT2D eigenvalue weighted by Crippen LogP contribution is -2.24. The number of carbonyl (C=O) groups is 1. The largest absolute Gasteiger partial charge is 0.481 e. The molecule has 1 heterocycles. The summed E-state index contributed by atoms with van der Waals surface area (Å²) in [4.78, 5) is 10.5. The molecular formula is C22H34O6. The van der Waals surface area contributed by atoms with Gasteiger partial charge in [0.05, 0.1) is 30.5 Å².